The first-order valence-corrected chi connectivity index (χ1v) is 13.8. The van der Waals surface area contributed by atoms with Crippen LogP contribution >= 0.6 is 0 Å². The van der Waals surface area contributed by atoms with Crippen LogP contribution in [-0.4, -0.2) is 54.0 Å². The van der Waals surface area contributed by atoms with E-state index >= 15 is 0 Å². The molecule has 3 heterocycles. The zero-order valence-electron chi connectivity index (χ0n) is 22.2. The first-order chi connectivity index (χ1) is 18.1. The summed E-state index contributed by atoms with van der Waals surface area (Å²) in [5.41, 5.74) is 2.27. The number of hydrogen-bond donors (Lipinski definition) is 0. The molecule has 1 aromatic rings. The third kappa shape index (κ3) is 3.42. The van der Waals surface area contributed by atoms with Gasteiger partial charge in [-0.25, -0.2) is 0 Å². The second kappa shape index (κ2) is 8.23. The van der Waals surface area contributed by atoms with Gasteiger partial charge in [-0.2, -0.15) is 0 Å². The fourth-order valence-electron chi connectivity index (χ4n) is 8.20. The normalized spacial score (nSPS) is 42.4. The van der Waals surface area contributed by atoms with E-state index in [2.05, 4.69) is 19.9 Å². The van der Waals surface area contributed by atoms with E-state index < -0.39 is 17.7 Å². The van der Waals surface area contributed by atoms with Crippen molar-refractivity contribution >= 4 is 17.7 Å². The maximum Gasteiger partial charge on any atom is 0.308 e. The fraction of sp³-hybridized carbons (Fsp3) is 0.633. The molecule has 0 aromatic heterocycles. The molecule has 0 unspecified atom stereocenters. The number of carbonyl (C=O) groups excluding carboxylic acids is 3. The number of fused-ring (bicyclic) bond motifs is 5. The lowest BCUT2D eigenvalue weighted by molar-refractivity contribution is -0.199. The van der Waals surface area contributed by atoms with Crippen LogP contribution < -0.4 is 4.74 Å². The van der Waals surface area contributed by atoms with Gasteiger partial charge >= 0.3 is 11.9 Å². The quantitative estimate of drug-likeness (QED) is 0.333. The molecule has 8 heteroatoms. The Labute approximate surface area is 222 Å². The van der Waals surface area contributed by atoms with Crippen molar-refractivity contribution in [3.8, 4) is 5.75 Å². The molecule has 3 saturated heterocycles. The summed E-state index contributed by atoms with van der Waals surface area (Å²) < 4.78 is 29.4. The monoisotopic (exact) mass is 522 g/mol. The predicted octanol–water partition coefficient (Wildman–Crippen LogP) is 3.88. The maximum atomic E-state index is 13.3. The lowest BCUT2D eigenvalue weighted by atomic mass is 9.49. The van der Waals surface area contributed by atoms with Crippen LogP contribution in [0.15, 0.2) is 24.3 Å². The highest BCUT2D eigenvalue weighted by molar-refractivity contribution is 5.98. The van der Waals surface area contributed by atoms with Crippen molar-refractivity contribution < 1.29 is 38.1 Å². The SMILES string of the molecule is CC(=O)Oc1cc([C@H](C)[C@@H]2C[C@@H]3O[C@@H]3[C@H](OC(C)=O)O2)cc2c1[C@@H]1C[C@@H]3O[C@@]34CC=CC(=O)[C@]4(C)[C@H]1CC2. The van der Waals surface area contributed by atoms with E-state index in [1.54, 1.807) is 6.08 Å². The van der Waals surface area contributed by atoms with Crippen LogP contribution in [0.25, 0.3) is 0 Å². The van der Waals surface area contributed by atoms with Crippen molar-refractivity contribution in [1.82, 2.24) is 0 Å². The van der Waals surface area contributed by atoms with E-state index in [9.17, 15) is 14.4 Å². The molecule has 4 fully saturated rings. The second-order valence-corrected chi connectivity index (χ2v) is 12.2. The molecule has 3 aliphatic carbocycles. The van der Waals surface area contributed by atoms with Crippen LogP contribution in [0, 0.1) is 11.3 Å². The summed E-state index contributed by atoms with van der Waals surface area (Å²) >= 11 is 0. The van der Waals surface area contributed by atoms with E-state index in [1.165, 1.54) is 13.8 Å². The van der Waals surface area contributed by atoms with Gasteiger partial charge in [0.15, 0.2) is 5.78 Å². The number of rotatable bonds is 4. The summed E-state index contributed by atoms with van der Waals surface area (Å²) in [5, 5.41) is 0. The Morgan fingerprint density at radius 1 is 1.13 bits per heavy atom. The number of epoxide rings is 2. The molecule has 10 atom stereocenters. The standard InChI is InChI=1S/C30H34O8/c1-14(21-13-23-27(36-23)28(37-21)35-16(3)32)18-10-17-7-8-20-19(26(17)22(11-18)34-15(2)31)12-25-30(38-25)9-5-6-24(33)29(20,30)4/h5-6,10-11,14,19-21,23,25,27-28H,7-9,12-13H2,1-4H3/t14-,19+,20-,21-,23-,25-,27-,28+,29-,30-/m0/s1. The van der Waals surface area contributed by atoms with Crippen LogP contribution in [-0.2, 0) is 39.8 Å². The van der Waals surface area contributed by atoms with Gasteiger partial charge in [-0.3, -0.25) is 14.4 Å². The highest BCUT2D eigenvalue weighted by Gasteiger charge is 2.75. The Kier molecular flexibility index (Phi) is 5.30. The predicted molar refractivity (Wildman–Crippen MR) is 134 cm³/mol. The van der Waals surface area contributed by atoms with Crippen molar-refractivity contribution in [2.45, 2.75) is 108 Å². The van der Waals surface area contributed by atoms with E-state index in [-0.39, 0.29) is 59.5 Å². The molecule has 1 saturated carbocycles. The summed E-state index contributed by atoms with van der Waals surface area (Å²) in [7, 11) is 0. The molecule has 6 aliphatic rings. The minimum atomic E-state index is -0.700. The number of ether oxygens (including phenoxy) is 5. The number of aryl methyl sites for hydroxylation is 1. The molecular weight excluding hydrogens is 488 g/mol. The molecule has 202 valence electrons. The van der Waals surface area contributed by atoms with Crippen LogP contribution in [0.1, 0.15) is 81.9 Å². The average molecular weight is 523 g/mol. The smallest absolute Gasteiger partial charge is 0.308 e. The third-order valence-corrected chi connectivity index (χ3v) is 10.2. The van der Waals surface area contributed by atoms with Crippen molar-refractivity contribution in [2.24, 2.45) is 11.3 Å². The third-order valence-electron chi connectivity index (χ3n) is 10.2. The Hall–Kier alpha value is -2.55. The lowest BCUT2D eigenvalue weighted by Crippen LogP contribution is -2.56. The molecule has 7 rings (SSSR count). The topological polar surface area (TPSA) is 104 Å². The van der Waals surface area contributed by atoms with Gasteiger partial charge in [-0.1, -0.05) is 19.1 Å². The molecule has 8 nitrogen and oxygen atoms in total. The van der Waals surface area contributed by atoms with Crippen LogP contribution in [0.2, 0.25) is 0 Å². The summed E-state index contributed by atoms with van der Waals surface area (Å²) in [6.07, 6.45) is 6.67. The van der Waals surface area contributed by atoms with E-state index in [0.717, 1.165) is 42.4 Å². The van der Waals surface area contributed by atoms with Crippen molar-refractivity contribution in [3.05, 3.63) is 41.0 Å². The summed E-state index contributed by atoms with van der Waals surface area (Å²) in [4.78, 5) is 37.2. The number of esters is 2. The molecule has 0 amide bonds. The Bertz CT molecular complexity index is 1270. The number of carbonyl (C=O) groups is 3. The Morgan fingerprint density at radius 3 is 2.71 bits per heavy atom. The van der Waals surface area contributed by atoms with Crippen LogP contribution in [0.5, 0.6) is 5.75 Å². The minimum absolute atomic E-state index is 0.0238. The maximum absolute atomic E-state index is 13.3. The van der Waals surface area contributed by atoms with Crippen molar-refractivity contribution in [3.63, 3.8) is 0 Å². The highest BCUT2D eigenvalue weighted by Crippen LogP contribution is 2.69. The van der Waals surface area contributed by atoms with Crippen LogP contribution in [0.3, 0.4) is 0 Å². The van der Waals surface area contributed by atoms with Gasteiger partial charge in [-0.05, 0) is 67.7 Å². The summed E-state index contributed by atoms with van der Waals surface area (Å²) in [5.74, 6) is 0.139. The number of ketones is 1. The van der Waals surface area contributed by atoms with Gasteiger partial charge < -0.3 is 23.7 Å². The first kappa shape index (κ1) is 24.5. The van der Waals surface area contributed by atoms with Gasteiger partial charge in [-0.15, -0.1) is 0 Å². The number of benzene rings is 1. The molecule has 0 N–H and O–H groups in total. The zero-order valence-corrected chi connectivity index (χ0v) is 22.2. The highest BCUT2D eigenvalue weighted by atomic mass is 16.7. The molecule has 0 bridgehead atoms. The van der Waals surface area contributed by atoms with Gasteiger partial charge in [0.2, 0.25) is 6.29 Å². The lowest BCUT2D eigenvalue weighted by Gasteiger charge is -2.51. The van der Waals surface area contributed by atoms with E-state index in [0.29, 0.717) is 12.2 Å². The largest absolute Gasteiger partial charge is 0.433 e. The van der Waals surface area contributed by atoms with Gasteiger partial charge in [0.05, 0.1) is 23.7 Å². The summed E-state index contributed by atoms with van der Waals surface area (Å²) in [6.45, 7) is 6.98. The summed E-state index contributed by atoms with van der Waals surface area (Å²) in [6, 6.07) is 4.19. The molecule has 1 aromatic carbocycles. The minimum Gasteiger partial charge on any atom is -0.433 e. The van der Waals surface area contributed by atoms with Crippen molar-refractivity contribution in [1.29, 1.82) is 0 Å². The Balaban J connectivity index is 1.23. The number of hydrogen-bond acceptors (Lipinski definition) is 8. The fourth-order valence-corrected chi connectivity index (χ4v) is 8.20. The van der Waals surface area contributed by atoms with Gasteiger partial charge in [0.25, 0.3) is 0 Å². The van der Waals surface area contributed by atoms with Crippen LogP contribution in [0.4, 0.5) is 0 Å². The van der Waals surface area contributed by atoms with E-state index in [4.69, 9.17) is 23.7 Å². The van der Waals surface area contributed by atoms with Crippen molar-refractivity contribution in [2.75, 3.05) is 0 Å². The van der Waals surface area contributed by atoms with E-state index in [1.807, 2.05) is 12.1 Å². The Morgan fingerprint density at radius 2 is 1.95 bits per heavy atom. The second-order valence-electron chi connectivity index (χ2n) is 12.2. The number of allylic oxidation sites excluding steroid dienone is 1. The average Bonchev–Trinajstić information content (AvgIpc) is 3.77. The molecule has 1 spiro atoms. The molecule has 0 radical (unpaired) electrons. The first-order valence-electron chi connectivity index (χ1n) is 13.8. The van der Waals surface area contributed by atoms with Gasteiger partial charge in [0.1, 0.15) is 17.5 Å². The molecular formula is C30H34O8. The molecule has 3 aliphatic heterocycles. The molecule has 38 heavy (non-hydrogen) atoms. The zero-order chi connectivity index (χ0) is 26.6. The van der Waals surface area contributed by atoms with Gasteiger partial charge in [0, 0.05) is 31.7 Å².